The molecule has 0 radical (unpaired) electrons. The Kier molecular flexibility index (Phi) is 10.6. The third-order valence-corrected chi connectivity index (χ3v) is 3.51. The molecule has 0 aromatic carbocycles. The topological polar surface area (TPSA) is 80.0 Å². The predicted molar refractivity (Wildman–Crippen MR) is 105 cm³/mol. The van der Waals surface area contributed by atoms with Crippen molar-refractivity contribution in [1.29, 1.82) is 0 Å². The van der Waals surface area contributed by atoms with Crippen LogP contribution in [0.4, 0.5) is 4.79 Å². The van der Waals surface area contributed by atoms with Gasteiger partial charge in [-0.05, 0) is 46.5 Å². The molecule has 1 saturated heterocycles. The SMILES string of the molecule is CCCC(CN=C(N)N1CCCCC1)NC(=O)OC(C)(C)C.I. The number of likely N-dealkylation sites (tertiary alicyclic amines) is 1. The number of ether oxygens (including phenoxy) is 1. The summed E-state index contributed by atoms with van der Waals surface area (Å²) >= 11 is 0. The number of carbonyl (C=O) groups excluding carboxylic acids is 1. The van der Waals surface area contributed by atoms with Gasteiger partial charge < -0.3 is 20.7 Å². The Morgan fingerprint density at radius 2 is 1.91 bits per heavy atom. The molecule has 0 spiro atoms. The van der Waals surface area contributed by atoms with E-state index in [1.807, 2.05) is 20.8 Å². The van der Waals surface area contributed by atoms with Crippen LogP contribution in [-0.4, -0.2) is 48.2 Å². The maximum absolute atomic E-state index is 11.9. The molecular formula is C16H33IN4O2. The van der Waals surface area contributed by atoms with Crippen molar-refractivity contribution in [2.75, 3.05) is 19.6 Å². The summed E-state index contributed by atoms with van der Waals surface area (Å²) in [6, 6.07) is -0.0387. The number of hydrogen-bond acceptors (Lipinski definition) is 3. The van der Waals surface area contributed by atoms with Crippen LogP contribution >= 0.6 is 24.0 Å². The molecule has 3 N–H and O–H groups in total. The summed E-state index contributed by atoms with van der Waals surface area (Å²) in [4.78, 5) is 18.5. The van der Waals surface area contributed by atoms with Crippen molar-refractivity contribution >= 4 is 36.0 Å². The van der Waals surface area contributed by atoms with E-state index in [0.29, 0.717) is 12.5 Å². The van der Waals surface area contributed by atoms with E-state index in [1.165, 1.54) is 19.3 Å². The molecule has 136 valence electrons. The summed E-state index contributed by atoms with van der Waals surface area (Å²) in [5.41, 5.74) is 5.57. The number of carbonyl (C=O) groups is 1. The highest BCUT2D eigenvalue weighted by atomic mass is 127. The van der Waals surface area contributed by atoms with E-state index in [4.69, 9.17) is 10.5 Å². The number of rotatable bonds is 5. The molecule has 1 rings (SSSR count). The Morgan fingerprint density at radius 1 is 1.30 bits per heavy atom. The number of halogens is 1. The molecule has 1 atom stereocenters. The second kappa shape index (κ2) is 10.9. The summed E-state index contributed by atoms with van der Waals surface area (Å²) < 4.78 is 5.30. The van der Waals surface area contributed by atoms with Gasteiger partial charge in [-0.1, -0.05) is 13.3 Å². The second-order valence-electron chi connectivity index (χ2n) is 6.88. The average molecular weight is 440 g/mol. The van der Waals surface area contributed by atoms with E-state index in [1.54, 1.807) is 0 Å². The van der Waals surface area contributed by atoms with Crippen LogP contribution in [0.1, 0.15) is 59.8 Å². The van der Waals surface area contributed by atoms with Crippen molar-refractivity contribution in [1.82, 2.24) is 10.2 Å². The zero-order valence-corrected chi connectivity index (χ0v) is 17.3. The van der Waals surface area contributed by atoms with Crippen LogP contribution in [0.3, 0.4) is 0 Å². The standard InChI is InChI=1S/C16H32N4O2.HI/c1-5-9-13(19-15(21)22-16(2,3)4)12-18-14(17)20-10-7-6-8-11-20;/h13H,5-12H2,1-4H3,(H2,17,18)(H,19,21);1H. The molecule has 1 aliphatic heterocycles. The Bertz CT molecular complexity index is 377. The molecule has 1 aliphatic rings. The van der Waals surface area contributed by atoms with Crippen LogP contribution in [0.5, 0.6) is 0 Å². The van der Waals surface area contributed by atoms with Crippen molar-refractivity contribution < 1.29 is 9.53 Å². The van der Waals surface area contributed by atoms with Gasteiger partial charge in [0.2, 0.25) is 0 Å². The van der Waals surface area contributed by atoms with Crippen LogP contribution in [0, 0.1) is 0 Å². The smallest absolute Gasteiger partial charge is 0.407 e. The normalized spacial score (nSPS) is 17.2. The van der Waals surface area contributed by atoms with Gasteiger partial charge in [0.25, 0.3) is 0 Å². The Morgan fingerprint density at radius 3 is 2.43 bits per heavy atom. The van der Waals surface area contributed by atoms with Gasteiger partial charge in [0, 0.05) is 13.1 Å². The van der Waals surface area contributed by atoms with Gasteiger partial charge in [-0.15, -0.1) is 24.0 Å². The van der Waals surface area contributed by atoms with Crippen LogP contribution in [0.15, 0.2) is 4.99 Å². The lowest BCUT2D eigenvalue weighted by molar-refractivity contribution is 0.0503. The molecule has 0 aliphatic carbocycles. The van der Waals surface area contributed by atoms with Crippen LogP contribution in [0.2, 0.25) is 0 Å². The van der Waals surface area contributed by atoms with Crippen molar-refractivity contribution in [3.05, 3.63) is 0 Å². The number of nitrogens with one attached hydrogen (secondary N) is 1. The number of nitrogens with two attached hydrogens (primary N) is 1. The van der Waals surface area contributed by atoms with E-state index in [0.717, 1.165) is 25.9 Å². The number of amides is 1. The number of guanidine groups is 1. The van der Waals surface area contributed by atoms with Crippen molar-refractivity contribution in [2.45, 2.75) is 71.4 Å². The molecule has 1 amide bonds. The molecular weight excluding hydrogens is 407 g/mol. The largest absolute Gasteiger partial charge is 0.444 e. The first-order valence-corrected chi connectivity index (χ1v) is 8.36. The van der Waals surface area contributed by atoms with Gasteiger partial charge in [-0.25, -0.2) is 4.79 Å². The molecule has 0 aromatic rings. The maximum atomic E-state index is 11.9. The zero-order valence-electron chi connectivity index (χ0n) is 14.9. The summed E-state index contributed by atoms with van der Waals surface area (Å²) in [7, 11) is 0. The third-order valence-electron chi connectivity index (χ3n) is 3.51. The Balaban J connectivity index is 0.00000484. The zero-order chi connectivity index (χ0) is 16.6. The number of piperidine rings is 1. The summed E-state index contributed by atoms with van der Waals surface area (Å²) in [6.07, 6.45) is 5.05. The van der Waals surface area contributed by atoms with E-state index in [2.05, 4.69) is 22.1 Å². The van der Waals surface area contributed by atoms with Gasteiger partial charge in [0.15, 0.2) is 5.96 Å². The number of aliphatic imine (C=N–C) groups is 1. The fourth-order valence-corrected chi connectivity index (χ4v) is 2.46. The fourth-order valence-electron chi connectivity index (χ4n) is 2.46. The number of hydrogen-bond donors (Lipinski definition) is 2. The Hall–Kier alpha value is -0.730. The van der Waals surface area contributed by atoms with Crippen molar-refractivity contribution in [3.63, 3.8) is 0 Å². The highest BCUT2D eigenvalue weighted by molar-refractivity contribution is 14.0. The minimum absolute atomic E-state index is 0. The Labute approximate surface area is 157 Å². The first kappa shape index (κ1) is 22.3. The minimum Gasteiger partial charge on any atom is -0.444 e. The first-order chi connectivity index (χ1) is 10.3. The molecule has 23 heavy (non-hydrogen) atoms. The molecule has 6 nitrogen and oxygen atoms in total. The first-order valence-electron chi connectivity index (χ1n) is 8.36. The highest BCUT2D eigenvalue weighted by Crippen LogP contribution is 2.09. The number of alkyl carbamates (subject to hydrolysis) is 1. The highest BCUT2D eigenvalue weighted by Gasteiger charge is 2.19. The van der Waals surface area contributed by atoms with Crippen molar-refractivity contribution in [3.8, 4) is 0 Å². The van der Waals surface area contributed by atoms with Gasteiger partial charge in [0.1, 0.15) is 5.60 Å². The van der Waals surface area contributed by atoms with E-state index < -0.39 is 11.7 Å². The van der Waals surface area contributed by atoms with E-state index in [-0.39, 0.29) is 30.0 Å². The molecule has 1 fully saturated rings. The predicted octanol–water partition coefficient (Wildman–Crippen LogP) is 3.10. The van der Waals surface area contributed by atoms with Gasteiger partial charge in [-0.3, -0.25) is 4.99 Å². The quantitative estimate of drug-likeness (QED) is 0.391. The number of nitrogens with zero attached hydrogens (tertiary/aromatic N) is 2. The monoisotopic (exact) mass is 440 g/mol. The van der Waals surface area contributed by atoms with Crippen LogP contribution in [0.25, 0.3) is 0 Å². The minimum atomic E-state index is -0.489. The van der Waals surface area contributed by atoms with Gasteiger partial charge in [0.05, 0.1) is 12.6 Å². The van der Waals surface area contributed by atoms with E-state index in [9.17, 15) is 4.79 Å². The molecule has 1 heterocycles. The molecule has 0 aromatic heterocycles. The average Bonchev–Trinajstić information content (AvgIpc) is 2.43. The summed E-state index contributed by atoms with van der Waals surface area (Å²) in [5, 5.41) is 2.89. The van der Waals surface area contributed by atoms with Crippen LogP contribution in [-0.2, 0) is 4.74 Å². The molecule has 0 bridgehead atoms. The summed E-state index contributed by atoms with van der Waals surface area (Å²) in [6.45, 7) is 10.1. The van der Waals surface area contributed by atoms with Gasteiger partial charge >= 0.3 is 6.09 Å². The fraction of sp³-hybridized carbons (Fsp3) is 0.875. The second-order valence-corrected chi connectivity index (χ2v) is 6.88. The van der Waals surface area contributed by atoms with Gasteiger partial charge in [-0.2, -0.15) is 0 Å². The third kappa shape index (κ3) is 9.88. The maximum Gasteiger partial charge on any atom is 0.407 e. The van der Waals surface area contributed by atoms with E-state index >= 15 is 0 Å². The summed E-state index contributed by atoms with van der Waals surface area (Å²) in [5.74, 6) is 0.590. The molecule has 0 saturated carbocycles. The lowest BCUT2D eigenvalue weighted by Gasteiger charge is -2.28. The van der Waals surface area contributed by atoms with Crippen molar-refractivity contribution in [2.24, 2.45) is 10.7 Å². The molecule has 7 heteroatoms. The lowest BCUT2D eigenvalue weighted by Crippen LogP contribution is -2.43. The molecule has 1 unspecified atom stereocenters. The van der Waals surface area contributed by atoms with Crippen LogP contribution < -0.4 is 11.1 Å². The lowest BCUT2D eigenvalue weighted by atomic mass is 10.1.